The summed E-state index contributed by atoms with van der Waals surface area (Å²) < 4.78 is 43.5. The Bertz CT molecular complexity index is 1500. The molecule has 4 heterocycles. The Hall–Kier alpha value is -4.11. The van der Waals surface area contributed by atoms with Crippen molar-refractivity contribution in [2.24, 2.45) is 7.05 Å². The minimum absolute atomic E-state index is 0.0903. The van der Waals surface area contributed by atoms with Gasteiger partial charge in [0.1, 0.15) is 23.1 Å². The Labute approximate surface area is 217 Å². The molecule has 4 rings (SSSR count). The molecular formula is C21H23ClN10O4S. The molecule has 0 aliphatic carbocycles. The summed E-state index contributed by atoms with van der Waals surface area (Å²) in [6.07, 6.45) is 7.03. The number of hydrogen-bond donors (Lipinski definition) is 1. The highest BCUT2D eigenvalue weighted by molar-refractivity contribution is 7.93. The lowest BCUT2D eigenvalue weighted by atomic mass is 10.1. The second kappa shape index (κ2) is 10.5. The summed E-state index contributed by atoms with van der Waals surface area (Å²) >= 11 is 5.88. The van der Waals surface area contributed by atoms with Crippen molar-refractivity contribution in [3.63, 3.8) is 0 Å². The Morgan fingerprint density at radius 3 is 2.30 bits per heavy atom. The third-order valence-electron chi connectivity index (χ3n) is 5.34. The third kappa shape index (κ3) is 5.08. The van der Waals surface area contributed by atoms with E-state index in [0.29, 0.717) is 10.7 Å². The van der Waals surface area contributed by atoms with Crippen LogP contribution in [0.4, 0.5) is 5.95 Å². The summed E-state index contributed by atoms with van der Waals surface area (Å²) in [7, 11) is 0.371. The molecule has 0 aliphatic heterocycles. The minimum Gasteiger partial charge on any atom is -0.479 e. The molecule has 2 atom stereocenters. The fraction of sp³-hybridized carbons (Fsp3) is 0.286. The molecule has 0 bridgehead atoms. The van der Waals surface area contributed by atoms with Crippen LogP contribution in [0.2, 0.25) is 5.02 Å². The van der Waals surface area contributed by atoms with E-state index in [1.54, 1.807) is 30.9 Å². The van der Waals surface area contributed by atoms with Crippen LogP contribution in [0, 0.1) is 0 Å². The zero-order valence-electron chi connectivity index (χ0n) is 20.3. The van der Waals surface area contributed by atoms with Crippen LogP contribution in [0.3, 0.4) is 0 Å². The first kappa shape index (κ1) is 26.0. The van der Waals surface area contributed by atoms with E-state index in [4.69, 9.17) is 21.1 Å². The number of methoxy groups -OCH3 is 2. The maximum atomic E-state index is 13.6. The molecule has 14 nitrogen and oxygen atoms in total. The molecule has 37 heavy (non-hydrogen) atoms. The molecule has 4 aromatic rings. The minimum atomic E-state index is -4.17. The Morgan fingerprint density at radius 2 is 1.76 bits per heavy atom. The number of nitrogens with one attached hydrogen (secondary N) is 1. The van der Waals surface area contributed by atoms with Gasteiger partial charge in [-0.1, -0.05) is 24.6 Å². The lowest BCUT2D eigenvalue weighted by Crippen LogP contribution is -2.32. The van der Waals surface area contributed by atoms with Gasteiger partial charge in [-0.15, -0.1) is 16.8 Å². The van der Waals surface area contributed by atoms with E-state index < -0.39 is 21.2 Å². The molecule has 0 saturated carbocycles. The van der Waals surface area contributed by atoms with Crippen LogP contribution in [0.5, 0.6) is 11.8 Å². The van der Waals surface area contributed by atoms with E-state index in [1.165, 1.54) is 43.6 Å². The highest BCUT2D eigenvalue weighted by atomic mass is 35.5. The van der Waals surface area contributed by atoms with Crippen molar-refractivity contribution in [2.75, 3.05) is 18.9 Å². The maximum Gasteiger partial charge on any atom is 0.245 e. The van der Waals surface area contributed by atoms with Gasteiger partial charge in [0.15, 0.2) is 11.5 Å². The first-order valence-electron chi connectivity index (χ1n) is 10.7. The number of sulfonamides is 1. The van der Waals surface area contributed by atoms with Gasteiger partial charge >= 0.3 is 0 Å². The van der Waals surface area contributed by atoms with Gasteiger partial charge < -0.3 is 9.47 Å². The van der Waals surface area contributed by atoms with E-state index in [-0.39, 0.29) is 35.0 Å². The summed E-state index contributed by atoms with van der Waals surface area (Å²) in [4.78, 5) is 16.6. The molecular weight excluding hydrogens is 524 g/mol. The lowest BCUT2D eigenvalue weighted by molar-refractivity contribution is 0.368. The third-order valence-corrected chi connectivity index (χ3v) is 7.32. The monoisotopic (exact) mass is 546 g/mol. The highest BCUT2D eigenvalue weighted by Crippen LogP contribution is 2.35. The summed E-state index contributed by atoms with van der Waals surface area (Å²) in [5.41, 5.74) is 0.566. The first-order chi connectivity index (χ1) is 17.7. The van der Waals surface area contributed by atoms with Crippen molar-refractivity contribution < 1.29 is 17.9 Å². The summed E-state index contributed by atoms with van der Waals surface area (Å²) in [6, 6.07) is 1.69. The van der Waals surface area contributed by atoms with Gasteiger partial charge in [0.05, 0.1) is 19.2 Å². The van der Waals surface area contributed by atoms with Gasteiger partial charge in [0, 0.05) is 31.6 Å². The van der Waals surface area contributed by atoms with Gasteiger partial charge in [0.25, 0.3) is 0 Å². The van der Waals surface area contributed by atoms with Gasteiger partial charge in [0.2, 0.25) is 27.7 Å². The smallest absolute Gasteiger partial charge is 0.245 e. The number of aromatic nitrogens is 9. The van der Waals surface area contributed by atoms with Gasteiger partial charge in [-0.2, -0.15) is 15.1 Å². The van der Waals surface area contributed by atoms with Crippen LogP contribution in [-0.2, 0) is 17.1 Å². The van der Waals surface area contributed by atoms with Crippen LogP contribution >= 0.6 is 11.6 Å². The first-order valence-corrected chi connectivity index (χ1v) is 12.6. The predicted molar refractivity (Wildman–Crippen MR) is 134 cm³/mol. The Kier molecular flexibility index (Phi) is 7.35. The van der Waals surface area contributed by atoms with Crippen LogP contribution in [0.25, 0.3) is 17.2 Å². The number of nitrogens with zero attached hydrogens (tertiary/aromatic N) is 9. The number of rotatable bonds is 10. The van der Waals surface area contributed by atoms with Crippen LogP contribution in [-0.4, -0.2) is 72.4 Å². The molecule has 0 aliphatic rings. The van der Waals surface area contributed by atoms with Crippen molar-refractivity contribution >= 4 is 27.6 Å². The van der Waals surface area contributed by atoms with Crippen LogP contribution < -0.4 is 14.2 Å². The largest absolute Gasteiger partial charge is 0.479 e. The quantitative estimate of drug-likeness (QED) is 0.289. The van der Waals surface area contributed by atoms with Crippen LogP contribution in [0.1, 0.15) is 18.7 Å². The summed E-state index contributed by atoms with van der Waals surface area (Å²) in [5, 5.41) is 11.8. The fourth-order valence-corrected chi connectivity index (χ4v) is 5.13. The molecule has 0 unspecified atom stereocenters. The average Bonchev–Trinajstić information content (AvgIpc) is 3.49. The highest BCUT2D eigenvalue weighted by Gasteiger charge is 2.34. The summed E-state index contributed by atoms with van der Waals surface area (Å²) in [6.45, 7) is 5.37. The van der Waals surface area contributed by atoms with Gasteiger partial charge in [-0.05, 0) is 6.07 Å². The van der Waals surface area contributed by atoms with Crippen molar-refractivity contribution in [1.29, 1.82) is 0 Å². The molecule has 0 saturated heterocycles. The number of ether oxygens (including phenoxy) is 2. The van der Waals surface area contributed by atoms with E-state index >= 15 is 0 Å². The maximum absolute atomic E-state index is 13.6. The molecule has 0 fully saturated rings. The molecule has 16 heteroatoms. The van der Waals surface area contributed by atoms with E-state index in [1.807, 2.05) is 0 Å². The molecule has 4 aromatic heterocycles. The van der Waals surface area contributed by atoms with Gasteiger partial charge in [-0.3, -0.25) is 9.40 Å². The molecule has 1 N–H and O–H groups in total. The van der Waals surface area contributed by atoms with E-state index in [0.717, 1.165) is 0 Å². The average molecular weight is 547 g/mol. The van der Waals surface area contributed by atoms with Crippen molar-refractivity contribution in [3.8, 4) is 29.0 Å². The number of hydrogen-bond acceptors (Lipinski definition) is 11. The van der Waals surface area contributed by atoms with Crippen molar-refractivity contribution in [1.82, 2.24) is 44.5 Å². The topological polar surface area (TPSA) is 165 Å². The zero-order valence-corrected chi connectivity index (χ0v) is 21.8. The Balaban J connectivity index is 1.84. The van der Waals surface area contributed by atoms with Crippen molar-refractivity contribution in [3.05, 3.63) is 54.5 Å². The number of anilines is 1. The van der Waals surface area contributed by atoms with E-state index in [9.17, 15) is 8.42 Å². The second-order valence-corrected chi connectivity index (χ2v) is 9.97. The molecule has 0 aromatic carbocycles. The molecule has 0 spiro atoms. The summed E-state index contributed by atoms with van der Waals surface area (Å²) in [5.74, 6) is -0.213. The normalized spacial score (nSPS) is 13.1. The molecule has 0 amide bonds. The van der Waals surface area contributed by atoms with E-state index in [2.05, 4.69) is 46.5 Å². The van der Waals surface area contributed by atoms with Gasteiger partial charge in [-0.25, -0.2) is 23.0 Å². The fourth-order valence-electron chi connectivity index (χ4n) is 3.60. The lowest BCUT2D eigenvalue weighted by Gasteiger charge is -2.21. The molecule has 194 valence electrons. The number of aryl methyl sites for hydroxylation is 1. The van der Waals surface area contributed by atoms with Crippen LogP contribution in [0.15, 0.2) is 43.6 Å². The second-order valence-electron chi connectivity index (χ2n) is 7.69. The predicted octanol–water partition coefficient (Wildman–Crippen LogP) is 2.02. The standard InChI is InChI=1S/C21H23ClN10O4S/c1-6-15(12(2)17-23-9-13(22)10-24-17)37(33,34)30-21-28-27-18(14-7-8-31(3)29-14)32(21)16-19(35-4)25-11-26-20(16)36-5/h6-12,15H,1H2,2-5H3,(H,28,30)/t12-,15-/m1/s1. The van der Waals surface area contributed by atoms with Crippen molar-refractivity contribution in [2.45, 2.75) is 18.1 Å². The Morgan fingerprint density at radius 1 is 1.11 bits per heavy atom. The number of halogens is 1. The molecule has 0 radical (unpaired) electrons. The zero-order chi connectivity index (χ0) is 26.7. The SMILES string of the molecule is C=C[C@H]([C@@H](C)c1ncc(Cl)cn1)S(=O)(=O)Nc1nnc(-c2ccn(C)n2)n1-c1c(OC)ncnc1OC.